The van der Waals surface area contributed by atoms with Crippen molar-refractivity contribution >= 4 is 26.8 Å². The molecule has 0 unspecified atom stereocenters. The number of pyridine rings is 1. The molecule has 5 rings (SSSR count). The van der Waals surface area contributed by atoms with E-state index < -0.39 is 0 Å². The fourth-order valence-electron chi connectivity index (χ4n) is 3.76. The molecule has 0 amide bonds. The number of fused-ring (bicyclic) bond motifs is 1. The average Bonchev–Trinajstić information content (AvgIpc) is 2.76. The molecule has 5 heteroatoms. The highest BCUT2D eigenvalue weighted by atomic mass is 32.1. The molecular formula is C17H21N3OS. The van der Waals surface area contributed by atoms with Crippen LogP contribution in [0.5, 0.6) is 5.88 Å². The molecule has 2 aliphatic carbocycles. The summed E-state index contributed by atoms with van der Waals surface area (Å²) in [6, 6.07) is 4.02. The lowest BCUT2D eigenvalue weighted by molar-refractivity contribution is 0.0904. The Kier molecular flexibility index (Phi) is 2.87. The van der Waals surface area contributed by atoms with Gasteiger partial charge in [0.25, 0.3) is 0 Å². The van der Waals surface area contributed by atoms with Crippen molar-refractivity contribution in [2.45, 2.75) is 38.5 Å². The first-order valence-corrected chi connectivity index (χ1v) is 9.27. The molecule has 0 radical (unpaired) electrons. The summed E-state index contributed by atoms with van der Waals surface area (Å²) in [6.45, 7) is 3.20. The van der Waals surface area contributed by atoms with Crippen molar-refractivity contribution in [3.8, 4) is 5.88 Å². The van der Waals surface area contributed by atoms with Gasteiger partial charge in [-0.3, -0.25) is 0 Å². The number of aromatic nitrogens is 2. The zero-order valence-corrected chi connectivity index (χ0v) is 13.6. The normalized spacial score (nSPS) is 23.2. The van der Waals surface area contributed by atoms with E-state index in [1.54, 1.807) is 11.3 Å². The van der Waals surface area contributed by atoms with Gasteiger partial charge in [-0.05, 0) is 37.7 Å². The molecule has 4 nitrogen and oxygen atoms in total. The molecule has 1 saturated heterocycles. The standard InChI is InChI=1S/C17H21N3OS/c1-3-12(4-1)9-21-14-6-5-13-15(19-14)22-16(18-13)20-10-17(11-20)7-2-8-17/h5-6,12H,1-4,7-11H2. The fraction of sp³-hybridized carbons (Fsp3) is 0.647. The van der Waals surface area contributed by atoms with Crippen LogP contribution in [0.15, 0.2) is 12.1 Å². The molecule has 0 N–H and O–H groups in total. The van der Waals surface area contributed by atoms with Gasteiger partial charge in [0, 0.05) is 24.6 Å². The first-order chi connectivity index (χ1) is 10.8. The fourth-order valence-corrected chi connectivity index (χ4v) is 4.69. The predicted octanol–water partition coefficient (Wildman–Crippen LogP) is 3.86. The Labute approximate surface area is 134 Å². The van der Waals surface area contributed by atoms with Crippen LogP contribution in [0.3, 0.4) is 0 Å². The lowest BCUT2D eigenvalue weighted by Gasteiger charge is -2.55. The smallest absolute Gasteiger partial charge is 0.214 e. The van der Waals surface area contributed by atoms with Crippen LogP contribution in [-0.4, -0.2) is 29.7 Å². The molecule has 3 heterocycles. The average molecular weight is 315 g/mol. The summed E-state index contributed by atoms with van der Waals surface area (Å²) in [6.07, 6.45) is 8.21. The summed E-state index contributed by atoms with van der Waals surface area (Å²) in [4.78, 5) is 12.8. The number of nitrogens with zero attached hydrogens (tertiary/aromatic N) is 3. The molecule has 2 saturated carbocycles. The Balaban J connectivity index is 1.30. The third kappa shape index (κ3) is 2.09. The van der Waals surface area contributed by atoms with Crippen LogP contribution in [0.2, 0.25) is 0 Å². The molecule has 1 aliphatic heterocycles. The number of hydrogen-bond acceptors (Lipinski definition) is 5. The van der Waals surface area contributed by atoms with Crippen LogP contribution in [0.1, 0.15) is 38.5 Å². The van der Waals surface area contributed by atoms with Gasteiger partial charge in [0.2, 0.25) is 5.88 Å². The van der Waals surface area contributed by atoms with Gasteiger partial charge in [-0.2, -0.15) is 0 Å². The SMILES string of the molecule is c1cc2nc(N3CC4(CCC4)C3)sc2nc1OCC1CCC1. The minimum Gasteiger partial charge on any atom is -0.477 e. The van der Waals surface area contributed by atoms with Gasteiger partial charge in [0.15, 0.2) is 5.13 Å². The number of anilines is 1. The largest absolute Gasteiger partial charge is 0.477 e. The molecule has 2 aromatic heterocycles. The van der Waals surface area contributed by atoms with Crippen molar-refractivity contribution in [1.29, 1.82) is 0 Å². The maximum Gasteiger partial charge on any atom is 0.214 e. The van der Waals surface area contributed by atoms with Gasteiger partial charge in [0.05, 0.1) is 6.61 Å². The Morgan fingerprint density at radius 1 is 1.18 bits per heavy atom. The molecule has 1 spiro atoms. The zero-order valence-electron chi connectivity index (χ0n) is 12.8. The van der Waals surface area contributed by atoms with E-state index in [0.717, 1.165) is 33.9 Å². The van der Waals surface area contributed by atoms with Crippen molar-refractivity contribution in [3.05, 3.63) is 12.1 Å². The van der Waals surface area contributed by atoms with E-state index in [9.17, 15) is 0 Å². The molecule has 3 aliphatic rings. The molecular weight excluding hydrogens is 294 g/mol. The summed E-state index contributed by atoms with van der Waals surface area (Å²) in [5.41, 5.74) is 1.65. The quantitative estimate of drug-likeness (QED) is 0.858. The highest BCUT2D eigenvalue weighted by molar-refractivity contribution is 7.21. The second-order valence-corrected chi connectivity index (χ2v) is 8.24. The summed E-state index contributed by atoms with van der Waals surface area (Å²) in [5, 5.41) is 1.14. The van der Waals surface area contributed by atoms with E-state index in [1.165, 1.54) is 51.6 Å². The first-order valence-electron chi connectivity index (χ1n) is 8.45. The predicted molar refractivity (Wildman–Crippen MR) is 88.7 cm³/mol. The molecule has 116 valence electrons. The van der Waals surface area contributed by atoms with E-state index in [1.807, 2.05) is 6.07 Å². The van der Waals surface area contributed by atoms with E-state index in [4.69, 9.17) is 9.72 Å². The third-order valence-corrected chi connectivity index (χ3v) is 6.67. The van der Waals surface area contributed by atoms with E-state index in [0.29, 0.717) is 5.41 Å². The van der Waals surface area contributed by atoms with Gasteiger partial charge in [-0.25, -0.2) is 9.97 Å². The molecule has 22 heavy (non-hydrogen) atoms. The maximum absolute atomic E-state index is 5.84. The van der Waals surface area contributed by atoms with Crippen molar-refractivity contribution in [2.24, 2.45) is 11.3 Å². The van der Waals surface area contributed by atoms with Crippen LogP contribution in [-0.2, 0) is 0 Å². The highest BCUT2D eigenvalue weighted by Gasteiger charge is 2.48. The second kappa shape index (κ2) is 4.82. The summed E-state index contributed by atoms with van der Waals surface area (Å²) in [5.74, 6) is 1.50. The van der Waals surface area contributed by atoms with Crippen LogP contribution >= 0.6 is 11.3 Å². The van der Waals surface area contributed by atoms with E-state index in [-0.39, 0.29) is 0 Å². The Hall–Kier alpha value is -1.36. The van der Waals surface area contributed by atoms with Crippen LogP contribution in [0.25, 0.3) is 10.3 Å². The molecule has 0 aromatic carbocycles. The minimum absolute atomic E-state index is 0.641. The highest BCUT2D eigenvalue weighted by Crippen LogP contribution is 2.50. The number of thiazole rings is 1. The van der Waals surface area contributed by atoms with Crippen LogP contribution in [0.4, 0.5) is 5.13 Å². The van der Waals surface area contributed by atoms with Gasteiger partial charge < -0.3 is 9.64 Å². The van der Waals surface area contributed by atoms with Gasteiger partial charge in [-0.15, -0.1) is 0 Å². The number of ether oxygens (including phenoxy) is 1. The topological polar surface area (TPSA) is 38.2 Å². The van der Waals surface area contributed by atoms with E-state index in [2.05, 4.69) is 16.0 Å². The van der Waals surface area contributed by atoms with Crippen molar-refractivity contribution in [3.63, 3.8) is 0 Å². The van der Waals surface area contributed by atoms with E-state index >= 15 is 0 Å². The van der Waals surface area contributed by atoms with Gasteiger partial charge >= 0.3 is 0 Å². The molecule has 2 aromatic rings. The van der Waals surface area contributed by atoms with Crippen molar-refractivity contribution < 1.29 is 4.74 Å². The lowest BCUT2D eigenvalue weighted by atomic mass is 9.64. The monoisotopic (exact) mass is 315 g/mol. The van der Waals surface area contributed by atoms with Crippen molar-refractivity contribution in [1.82, 2.24) is 9.97 Å². The Morgan fingerprint density at radius 3 is 2.73 bits per heavy atom. The second-order valence-electron chi connectivity index (χ2n) is 7.29. The summed E-state index contributed by atoms with van der Waals surface area (Å²) < 4.78 is 5.84. The van der Waals surface area contributed by atoms with Crippen LogP contribution < -0.4 is 9.64 Å². The number of hydrogen-bond donors (Lipinski definition) is 0. The lowest BCUT2D eigenvalue weighted by Crippen LogP contribution is -2.59. The summed E-state index contributed by atoms with van der Waals surface area (Å²) >= 11 is 1.71. The maximum atomic E-state index is 5.84. The summed E-state index contributed by atoms with van der Waals surface area (Å²) in [7, 11) is 0. The van der Waals surface area contributed by atoms with Crippen LogP contribution in [0, 0.1) is 11.3 Å². The molecule has 0 bridgehead atoms. The van der Waals surface area contributed by atoms with Crippen molar-refractivity contribution in [2.75, 3.05) is 24.6 Å². The Morgan fingerprint density at radius 2 is 2.05 bits per heavy atom. The van der Waals surface area contributed by atoms with Gasteiger partial charge in [-0.1, -0.05) is 24.2 Å². The zero-order chi connectivity index (χ0) is 14.6. The minimum atomic E-state index is 0.641. The third-order valence-electron chi connectivity index (χ3n) is 5.65. The number of rotatable bonds is 4. The van der Waals surface area contributed by atoms with Gasteiger partial charge in [0.1, 0.15) is 10.3 Å². The first kappa shape index (κ1) is 13.1. The Bertz CT molecular complexity index is 697. The molecule has 0 atom stereocenters. The molecule has 3 fully saturated rings.